The fraction of sp³-hybridized carbons (Fsp3) is 0.500. The van der Waals surface area contributed by atoms with Crippen LogP contribution in [0.3, 0.4) is 0 Å². The summed E-state index contributed by atoms with van der Waals surface area (Å²) in [4.78, 5) is 3.73. The van der Waals surface area contributed by atoms with E-state index < -0.39 is 0 Å². The molecule has 3 nitrogen and oxygen atoms in total. The summed E-state index contributed by atoms with van der Waals surface area (Å²) in [5.74, 6) is 0. The normalized spacial score (nSPS) is 9.89. The first-order chi connectivity index (χ1) is 4.43. The van der Waals surface area contributed by atoms with E-state index in [0.29, 0.717) is 6.73 Å². The minimum Gasteiger partial charge on any atom is -0.361 e. The zero-order valence-electron chi connectivity index (χ0n) is 5.37. The van der Waals surface area contributed by atoms with Crippen LogP contribution in [-0.2, 0) is 11.5 Å². The van der Waals surface area contributed by atoms with Crippen molar-refractivity contribution in [3.63, 3.8) is 0 Å². The lowest BCUT2D eigenvalue weighted by Gasteiger charge is -1.98. The van der Waals surface area contributed by atoms with Gasteiger partial charge in [0, 0.05) is 19.0 Å². The standard InChI is InChI=1S/C6H9N2O/c1-2-9-6-8-4-3-7-5-8/h3-4H,2,6H2,1H3. The summed E-state index contributed by atoms with van der Waals surface area (Å²) >= 11 is 0. The van der Waals surface area contributed by atoms with Crippen LogP contribution < -0.4 is 0 Å². The van der Waals surface area contributed by atoms with E-state index in [9.17, 15) is 0 Å². The Labute approximate surface area is 54.3 Å². The zero-order chi connectivity index (χ0) is 6.53. The summed E-state index contributed by atoms with van der Waals surface area (Å²) in [5.41, 5.74) is 0. The average molecular weight is 125 g/mol. The maximum absolute atomic E-state index is 5.07. The van der Waals surface area contributed by atoms with Crippen LogP contribution >= 0.6 is 0 Å². The molecule has 0 aliphatic rings. The van der Waals surface area contributed by atoms with Gasteiger partial charge in [-0.2, -0.15) is 0 Å². The lowest BCUT2D eigenvalue weighted by atomic mass is 10.8. The van der Waals surface area contributed by atoms with Crippen molar-refractivity contribution in [1.82, 2.24) is 9.55 Å². The van der Waals surface area contributed by atoms with Crippen molar-refractivity contribution >= 4 is 0 Å². The van der Waals surface area contributed by atoms with Crippen LogP contribution in [0.15, 0.2) is 12.4 Å². The van der Waals surface area contributed by atoms with E-state index in [1.54, 1.807) is 10.8 Å². The van der Waals surface area contributed by atoms with Gasteiger partial charge in [0.25, 0.3) is 0 Å². The summed E-state index contributed by atoms with van der Waals surface area (Å²) in [5, 5.41) is 0. The fourth-order valence-electron chi connectivity index (χ4n) is 0.516. The van der Waals surface area contributed by atoms with E-state index in [1.807, 2.05) is 13.1 Å². The van der Waals surface area contributed by atoms with Crippen LogP contribution in [0.5, 0.6) is 0 Å². The molecular weight excluding hydrogens is 116 g/mol. The summed E-state index contributed by atoms with van der Waals surface area (Å²) in [6.07, 6.45) is 6.21. The molecule has 1 rings (SSSR count). The third-order valence-corrected chi connectivity index (χ3v) is 0.942. The first-order valence-electron chi connectivity index (χ1n) is 2.90. The Kier molecular flexibility index (Phi) is 2.27. The van der Waals surface area contributed by atoms with Crippen LogP contribution in [0.2, 0.25) is 0 Å². The summed E-state index contributed by atoms with van der Waals surface area (Å²) < 4.78 is 6.82. The van der Waals surface area contributed by atoms with E-state index >= 15 is 0 Å². The number of hydrogen-bond donors (Lipinski definition) is 0. The predicted octanol–water partition coefficient (Wildman–Crippen LogP) is 0.677. The minimum absolute atomic E-state index is 0.552. The highest BCUT2D eigenvalue weighted by Gasteiger charge is 1.85. The molecule has 1 aromatic heterocycles. The smallest absolute Gasteiger partial charge is 0.178 e. The molecule has 0 saturated carbocycles. The van der Waals surface area contributed by atoms with E-state index in [0.717, 1.165) is 6.61 Å². The second kappa shape index (κ2) is 3.25. The molecule has 49 valence electrons. The van der Waals surface area contributed by atoms with Crippen LogP contribution in [0, 0.1) is 6.33 Å². The molecule has 0 fully saturated rings. The third-order valence-electron chi connectivity index (χ3n) is 0.942. The summed E-state index contributed by atoms with van der Waals surface area (Å²) in [6, 6.07) is 0. The molecule has 1 heterocycles. The molecule has 3 heteroatoms. The average Bonchev–Trinajstić information content (AvgIpc) is 2.34. The largest absolute Gasteiger partial charge is 0.361 e. The van der Waals surface area contributed by atoms with Gasteiger partial charge < -0.3 is 9.30 Å². The van der Waals surface area contributed by atoms with Crippen molar-refractivity contribution < 1.29 is 4.74 Å². The van der Waals surface area contributed by atoms with Gasteiger partial charge in [0.15, 0.2) is 6.33 Å². The lowest BCUT2D eigenvalue weighted by molar-refractivity contribution is 0.0872. The Bertz CT molecular complexity index is 148. The number of nitrogens with zero attached hydrogens (tertiary/aromatic N) is 2. The fourth-order valence-corrected chi connectivity index (χ4v) is 0.516. The number of ether oxygens (including phenoxy) is 1. The molecule has 0 bridgehead atoms. The molecule has 0 saturated heterocycles. The zero-order valence-corrected chi connectivity index (χ0v) is 5.37. The van der Waals surface area contributed by atoms with Crippen molar-refractivity contribution in [2.75, 3.05) is 6.61 Å². The molecule has 1 aromatic rings. The quantitative estimate of drug-likeness (QED) is 0.594. The van der Waals surface area contributed by atoms with Crippen molar-refractivity contribution in [2.24, 2.45) is 0 Å². The van der Waals surface area contributed by atoms with E-state index in [2.05, 4.69) is 11.3 Å². The Morgan fingerprint density at radius 2 is 2.67 bits per heavy atom. The van der Waals surface area contributed by atoms with Gasteiger partial charge >= 0.3 is 0 Å². The number of rotatable bonds is 3. The highest BCUT2D eigenvalue weighted by molar-refractivity contribution is 4.70. The molecule has 0 unspecified atom stereocenters. The maximum Gasteiger partial charge on any atom is 0.178 e. The maximum atomic E-state index is 5.07. The Hall–Kier alpha value is -0.830. The monoisotopic (exact) mass is 125 g/mol. The van der Waals surface area contributed by atoms with E-state index in [1.165, 1.54) is 0 Å². The molecule has 0 spiro atoms. The van der Waals surface area contributed by atoms with Crippen LogP contribution in [0.1, 0.15) is 6.92 Å². The van der Waals surface area contributed by atoms with Crippen molar-refractivity contribution in [3.8, 4) is 0 Å². The van der Waals surface area contributed by atoms with Gasteiger partial charge in [0.1, 0.15) is 6.73 Å². The SMILES string of the molecule is CCOCn1[c]ncc1. The lowest BCUT2D eigenvalue weighted by Crippen LogP contribution is -1.98. The van der Waals surface area contributed by atoms with Crippen molar-refractivity contribution in [3.05, 3.63) is 18.7 Å². The molecule has 0 atom stereocenters. The van der Waals surface area contributed by atoms with Crippen LogP contribution in [-0.4, -0.2) is 16.2 Å². The predicted molar refractivity (Wildman–Crippen MR) is 32.7 cm³/mol. The summed E-state index contributed by atoms with van der Waals surface area (Å²) in [6.45, 7) is 3.24. The molecule has 0 amide bonds. The van der Waals surface area contributed by atoms with Gasteiger partial charge in [-0.25, -0.2) is 4.98 Å². The minimum atomic E-state index is 0.552. The number of aromatic nitrogens is 2. The van der Waals surface area contributed by atoms with Crippen LogP contribution in [0.25, 0.3) is 0 Å². The third kappa shape index (κ3) is 1.85. The topological polar surface area (TPSA) is 27.1 Å². The van der Waals surface area contributed by atoms with Gasteiger partial charge in [-0.1, -0.05) is 0 Å². The van der Waals surface area contributed by atoms with Gasteiger partial charge in [-0.05, 0) is 6.92 Å². The molecule has 0 aliphatic heterocycles. The van der Waals surface area contributed by atoms with Gasteiger partial charge in [0.05, 0.1) is 0 Å². The number of imidazole rings is 1. The second-order valence-electron chi connectivity index (χ2n) is 1.62. The Morgan fingerprint density at radius 3 is 3.22 bits per heavy atom. The molecule has 1 radical (unpaired) electrons. The van der Waals surface area contributed by atoms with Gasteiger partial charge in [-0.15, -0.1) is 0 Å². The molecule has 0 aliphatic carbocycles. The first kappa shape index (κ1) is 6.29. The Morgan fingerprint density at radius 1 is 1.78 bits per heavy atom. The van der Waals surface area contributed by atoms with Gasteiger partial charge in [0.2, 0.25) is 0 Å². The molecule has 0 N–H and O–H groups in total. The first-order valence-corrected chi connectivity index (χ1v) is 2.90. The van der Waals surface area contributed by atoms with Crippen molar-refractivity contribution in [2.45, 2.75) is 13.7 Å². The van der Waals surface area contributed by atoms with Gasteiger partial charge in [-0.3, -0.25) is 0 Å². The summed E-state index contributed by atoms with van der Waals surface area (Å²) in [7, 11) is 0. The van der Waals surface area contributed by atoms with Crippen molar-refractivity contribution in [1.29, 1.82) is 0 Å². The molecule has 9 heavy (non-hydrogen) atoms. The molecule has 0 aromatic carbocycles. The Balaban J connectivity index is 2.30. The second-order valence-corrected chi connectivity index (χ2v) is 1.62. The van der Waals surface area contributed by atoms with Crippen LogP contribution in [0.4, 0.5) is 0 Å². The van der Waals surface area contributed by atoms with E-state index in [4.69, 9.17) is 4.74 Å². The highest BCUT2D eigenvalue weighted by atomic mass is 16.5. The van der Waals surface area contributed by atoms with E-state index in [-0.39, 0.29) is 0 Å². The number of hydrogen-bond acceptors (Lipinski definition) is 2. The molecular formula is C6H9N2O. The highest BCUT2D eigenvalue weighted by Crippen LogP contribution is 1.84.